The maximum absolute atomic E-state index is 12.8. The van der Waals surface area contributed by atoms with Gasteiger partial charge < -0.3 is 9.84 Å². The Morgan fingerprint density at radius 2 is 1.88 bits per heavy atom. The monoisotopic (exact) mass is 463 g/mol. The number of hydrogen-bond donors (Lipinski definition) is 1. The number of halogens is 3. The quantitative estimate of drug-likeness (QED) is 0.402. The summed E-state index contributed by atoms with van der Waals surface area (Å²) in [6, 6.07) is 10.2. The number of Topliss-reactive ketones (excluding diaryl/α,β-unsaturated/α-hetero) is 1. The zero-order valence-corrected chi connectivity index (χ0v) is 18.6. The van der Waals surface area contributed by atoms with Gasteiger partial charge >= 0.3 is 6.18 Å². The fraction of sp³-hybridized carbons (Fsp3) is 0.333. The second kappa shape index (κ2) is 10.3. The summed E-state index contributed by atoms with van der Waals surface area (Å²) in [7, 11) is 0. The SMILES string of the molecule is CCc1nc(-c2ccc(C(F)(F)F)cc2)sc1CCC(=O)c1ccc(OCCO)c(C)c1. The Kier molecular flexibility index (Phi) is 7.69. The third kappa shape index (κ3) is 5.75. The Balaban J connectivity index is 1.71. The molecule has 0 saturated carbocycles. The minimum absolute atomic E-state index is 0.00617. The van der Waals surface area contributed by atoms with Gasteiger partial charge in [0.1, 0.15) is 17.4 Å². The topological polar surface area (TPSA) is 59.4 Å². The Morgan fingerprint density at radius 1 is 1.16 bits per heavy atom. The fourth-order valence-electron chi connectivity index (χ4n) is 3.29. The van der Waals surface area contributed by atoms with E-state index in [2.05, 4.69) is 4.98 Å². The van der Waals surface area contributed by atoms with Gasteiger partial charge in [-0.25, -0.2) is 4.98 Å². The predicted octanol–water partition coefficient (Wildman–Crippen LogP) is 5.89. The summed E-state index contributed by atoms with van der Waals surface area (Å²) in [4.78, 5) is 18.3. The molecule has 1 aromatic heterocycles. The van der Waals surface area contributed by atoms with Gasteiger partial charge in [-0.2, -0.15) is 13.2 Å². The number of aliphatic hydroxyl groups is 1. The van der Waals surface area contributed by atoms with Crippen LogP contribution in [0.5, 0.6) is 5.75 Å². The molecule has 1 heterocycles. The number of carbonyl (C=O) groups is 1. The van der Waals surface area contributed by atoms with E-state index in [0.717, 1.165) is 28.3 Å². The first-order chi connectivity index (χ1) is 15.2. The lowest BCUT2D eigenvalue weighted by Crippen LogP contribution is -2.05. The number of ether oxygens (including phenoxy) is 1. The van der Waals surface area contributed by atoms with Crippen molar-refractivity contribution >= 4 is 17.1 Å². The van der Waals surface area contributed by atoms with Crippen LogP contribution in [0.2, 0.25) is 0 Å². The van der Waals surface area contributed by atoms with Gasteiger partial charge in [0.25, 0.3) is 0 Å². The molecule has 0 radical (unpaired) electrons. The number of aromatic nitrogens is 1. The molecule has 8 heteroatoms. The summed E-state index contributed by atoms with van der Waals surface area (Å²) < 4.78 is 43.8. The molecule has 4 nitrogen and oxygen atoms in total. The molecule has 0 atom stereocenters. The highest BCUT2D eigenvalue weighted by Crippen LogP contribution is 2.33. The van der Waals surface area contributed by atoms with E-state index in [1.807, 2.05) is 13.8 Å². The molecule has 0 aliphatic rings. The molecular weight excluding hydrogens is 439 g/mol. The Morgan fingerprint density at radius 3 is 2.47 bits per heavy atom. The second-order valence-electron chi connectivity index (χ2n) is 7.29. The number of rotatable bonds is 9. The van der Waals surface area contributed by atoms with Crippen LogP contribution in [0.15, 0.2) is 42.5 Å². The highest BCUT2D eigenvalue weighted by molar-refractivity contribution is 7.15. The Hall–Kier alpha value is -2.71. The lowest BCUT2D eigenvalue weighted by atomic mass is 10.0. The van der Waals surface area contributed by atoms with Gasteiger partial charge in [0.05, 0.1) is 17.9 Å². The molecule has 2 aromatic carbocycles. The number of alkyl halides is 3. The van der Waals surface area contributed by atoms with Crippen molar-refractivity contribution in [2.45, 2.75) is 39.3 Å². The summed E-state index contributed by atoms with van der Waals surface area (Å²) in [6.07, 6.45) is -2.88. The molecule has 0 aliphatic heterocycles. The molecule has 0 aliphatic carbocycles. The molecule has 0 bridgehead atoms. The molecule has 0 spiro atoms. The van der Waals surface area contributed by atoms with Crippen LogP contribution in [0, 0.1) is 6.92 Å². The number of hydrogen-bond acceptors (Lipinski definition) is 5. The van der Waals surface area contributed by atoms with E-state index < -0.39 is 11.7 Å². The van der Waals surface area contributed by atoms with Crippen molar-refractivity contribution in [2.75, 3.05) is 13.2 Å². The van der Waals surface area contributed by atoms with Gasteiger partial charge in [-0.3, -0.25) is 4.79 Å². The van der Waals surface area contributed by atoms with E-state index in [1.54, 1.807) is 18.2 Å². The minimum Gasteiger partial charge on any atom is -0.491 e. The van der Waals surface area contributed by atoms with E-state index in [-0.39, 0.29) is 19.0 Å². The van der Waals surface area contributed by atoms with Crippen LogP contribution < -0.4 is 4.74 Å². The molecule has 3 rings (SSSR count). The number of aliphatic hydroxyl groups excluding tert-OH is 1. The van der Waals surface area contributed by atoms with Gasteiger partial charge in [-0.15, -0.1) is 11.3 Å². The first-order valence-electron chi connectivity index (χ1n) is 10.3. The van der Waals surface area contributed by atoms with Crippen LogP contribution in [0.25, 0.3) is 10.6 Å². The first-order valence-corrected chi connectivity index (χ1v) is 11.1. The average molecular weight is 464 g/mol. The van der Waals surface area contributed by atoms with Crippen molar-refractivity contribution in [1.82, 2.24) is 4.98 Å². The minimum atomic E-state index is -4.37. The van der Waals surface area contributed by atoms with Crippen molar-refractivity contribution in [3.63, 3.8) is 0 Å². The number of ketones is 1. The highest BCUT2D eigenvalue weighted by atomic mass is 32.1. The smallest absolute Gasteiger partial charge is 0.416 e. The number of carbonyl (C=O) groups excluding carboxylic acids is 1. The number of thiazole rings is 1. The van der Waals surface area contributed by atoms with Gasteiger partial charge in [-0.05, 0) is 55.7 Å². The van der Waals surface area contributed by atoms with Crippen molar-refractivity contribution < 1.29 is 27.8 Å². The normalized spacial score (nSPS) is 11.6. The molecule has 0 amide bonds. The molecule has 0 unspecified atom stereocenters. The van der Waals surface area contributed by atoms with Crippen LogP contribution >= 0.6 is 11.3 Å². The summed E-state index contributed by atoms with van der Waals surface area (Å²) in [6.45, 7) is 3.92. The van der Waals surface area contributed by atoms with Crippen molar-refractivity contribution in [3.05, 3.63) is 69.7 Å². The van der Waals surface area contributed by atoms with Gasteiger partial charge in [0.15, 0.2) is 5.78 Å². The summed E-state index contributed by atoms with van der Waals surface area (Å²) in [5, 5.41) is 9.52. The van der Waals surface area contributed by atoms with E-state index in [1.165, 1.54) is 23.5 Å². The van der Waals surface area contributed by atoms with E-state index >= 15 is 0 Å². The molecule has 32 heavy (non-hydrogen) atoms. The standard InChI is InChI=1S/C24H24F3NO3S/c1-3-19-22(32-23(28-19)16-4-7-18(8-5-16)24(25,26)27)11-9-20(30)17-6-10-21(15(2)14-17)31-13-12-29/h4-8,10,14,29H,3,9,11-13H2,1-2H3. The van der Waals surface area contributed by atoms with E-state index in [9.17, 15) is 18.0 Å². The third-order valence-electron chi connectivity index (χ3n) is 5.00. The average Bonchev–Trinajstić information content (AvgIpc) is 3.19. The number of aryl methyl sites for hydroxylation is 3. The number of nitrogens with zero attached hydrogens (tertiary/aromatic N) is 1. The molecule has 1 N–H and O–H groups in total. The zero-order chi connectivity index (χ0) is 23.3. The van der Waals surface area contributed by atoms with Crippen molar-refractivity contribution in [1.29, 1.82) is 0 Å². The maximum atomic E-state index is 12.8. The zero-order valence-electron chi connectivity index (χ0n) is 17.8. The molecule has 0 saturated heterocycles. The van der Waals surface area contributed by atoms with Crippen molar-refractivity contribution in [2.24, 2.45) is 0 Å². The third-order valence-corrected chi connectivity index (χ3v) is 6.20. The number of benzene rings is 2. The van der Waals surface area contributed by atoms with Crippen LogP contribution in [0.3, 0.4) is 0 Å². The van der Waals surface area contributed by atoms with Gasteiger partial charge in [0, 0.05) is 22.4 Å². The van der Waals surface area contributed by atoms with Crippen LogP contribution in [0.4, 0.5) is 13.2 Å². The molecule has 0 fully saturated rings. The Labute approximate surface area is 188 Å². The summed E-state index contributed by atoms with van der Waals surface area (Å²) >= 11 is 1.41. The van der Waals surface area contributed by atoms with Crippen LogP contribution in [0.1, 0.15) is 45.4 Å². The van der Waals surface area contributed by atoms with Crippen molar-refractivity contribution in [3.8, 4) is 16.3 Å². The molecule has 3 aromatic rings. The van der Waals surface area contributed by atoms with E-state index in [0.29, 0.717) is 41.1 Å². The molecule has 170 valence electrons. The largest absolute Gasteiger partial charge is 0.491 e. The lowest BCUT2D eigenvalue weighted by Gasteiger charge is -2.09. The van der Waals surface area contributed by atoms with Crippen LogP contribution in [-0.4, -0.2) is 29.1 Å². The highest BCUT2D eigenvalue weighted by Gasteiger charge is 2.30. The summed E-state index contributed by atoms with van der Waals surface area (Å²) in [5.74, 6) is 0.626. The van der Waals surface area contributed by atoms with E-state index in [4.69, 9.17) is 9.84 Å². The van der Waals surface area contributed by atoms with Gasteiger partial charge in [0.2, 0.25) is 0 Å². The molecular formula is C24H24F3NO3S. The fourth-order valence-corrected chi connectivity index (χ4v) is 4.45. The predicted molar refractivity (Wildman–Crippen MR) is 118 cm³/mol. The lowest BCUT2D eigenvalue weighted by molar-refractivity contribution is -0.137. The first kappa shape index (κ1) is 23.9. The van der Waals surface area contributed by atoms with Crippen LogP contribution in [-0.2, 0) is 19.0 Å². The second-order valence-corrected chi connectivity index (χ2v) is 8.38. The Bertz CT molecular complexity index is 1080. The summed E-state index contributed by atoms with van der Waals surface area (Å²) in [5.41, 5.74) is 2.21. The van der Waals surface area contributed by atoms with Gasteiger partial charge in [-0.1, -0.05) is 19.1 Å². The maximum Gasteiger partial charge on any atom is 0.416 e.